The highest BCUT2D eigenvalue weighted by Crippen LogP contribution is 2.18. The molecule has 1 aromatic rings. The van der Waals surface area contributed by atoms with Crippen LogP contribution >= 0.6 is 11.6 Å². The van der Waals surface area contributed by atoms with Crippen LogP contribution < -0.4 is 0 Å². The molecule has 1 heteroatoms. The van der Waals surface area contributed by atoms with E-state index in [2.05, 4.69) is 18.2 Å². The molecule has 0 saturated heterocycles. The van der Waals surface area contributed by atoms with Gasteiger partial charge in [-0.25, -0.2) is 0 Å². The Labute approximate surface area is 78.9 Å². The van der Waals surface area contributed by atoms with Crippen LogP contribution in [0.1, 0.15) is 18.4 Å². The molecule has 0 aliphatic carbocycles. The molecule has 0 nitrogen and oxygen atoms in total. The number of hydrogen-bond acceptors (Lipinski definition) is 0. The molecule has 0 spiro atoms. The van der Waals surface area contributed by atoms with Crippen LogP contribution in [0.15, 0.2) is 42.5 Å². The van der Waals surface area contributed by atoms with E-state index >= 15 is 0 Å². The van der Waals surface area contributed by atoms with Crippen molar-refractivity contribution in [3.8, 4) is 0 Å². The maximum atomic E-state index is 5.83. The van der Waals surface area contributed by atoms with Gasteiger partial charge < -0.3 is 0 Å². The largest absolute Gasteiger partial charge is 0.126 e. The van der Waals surface area contributed by atoms with E-state index < -0.39 is 0 Å². The SMILES string of the molecule is CC=CC(CCl)c1ccccc1. The predicted octanol–water partition coefficient (Wildman–Crippen LogP) is 3.59. The Balaban J connectivity index is 2.80. The molecule has 1 rings (SSSR count). The van der Waals surface area contributed by atoms with Gasteiger partial charge in [-0.15, -0.1) is 11.6 Å². The van der Waals surface area contributed by atoms with Crippen LogP contribution in [-0.2, 0) is 0 Å². The summed E-state index contributed by atoms with van der Waals surface area (Å²) >= 11 is 5.83. The second kappa shape index (κ2) is 5.00. The molecule has 0 aliphatic heterocycles. The van der Waals surface area contributed by atoms with Gasteiger partial charge in [0, 0.05) is 11.8 Å². The molecule has 0 bridgehead atoms. The highest BCUT2D eigenvalue weighted by molar-refractivity contribution is 6.18. The zero-order valence-electron chi connectivity index (χ0n) is 7.20. The fourth-order valence-electron chi connectivity index (χ4n) is 1.18. The van der Waals surface area contributed by atoms with Crippen molar-refractivity contribution in [1.82, 2.24) is 0 Å². The van der Waals surface area contributed by atoms with E-state index in [-0.39, 0.29) is 0 Å². The minimum Gasteiger partial charge on any atom is -0.126 e. The van der Waals surface area contributed by atoms with Crippen molar-refractivity contribution in [2.24, 2.45) is 0 Å². The number of benzene rings is 1. The minimum absolute atomic E-state index is 0.359. The number of alkyl halides is 1. The van der Waals surface area contributed by atoms with Gasteiger partial charge in [-0.3, -0.25) is 0 Å². The van der Waals surface area contributed by atoms with Gasteiger partial charge >= 0.3 is 0 Å². The first-order valence-corrected chi connectivity index (χ1v) is 4.65. The molecular formula is C11H13Cl. The van der Waals surface area contributed by atoms with Gasteiger partial charge in [0.05, 0.1) is 0 Å². The Morgan fingerprint density at radius 3 is 2.50 bits per heavy atom. The van der Waals surface area contributed by atoms with Crippen LogP contribution in [0.3, 0.4) is 0 Å². The molecule has 0 amide bonds. The van der Waals surface area contributed by atoms with Crippen LogP contribution in [0.5, 0.6) is 0 Å². The van der Waals surface area contributed by atoms with Crippen LogP contribution in [0, 0.1) is 0 Å². The molecule has 1 atom stereocenters. The molecule has 0 fully saturated rings. The third-order valence-electron chi connectivity index (χ3n) is 1.82. The van der Waals surface area contributed by atoms with Gasteiger partial charge in [0.15, 0.2) is 0 Å². The number of halogens is 1. The van der Waals surface area contributed by atoms with E-state index in [9.17, 15) is 0 Å². The Kier molecular flexibility index (Phi) is 3.89. The number of hydrogen-bond donors (Lipinski definition) is 0. The molecule has 1 unspecified atom stereocenters. The van der Waals surface area contributed by atoms with Crippen LogP contribution in [-0.4, -0.2) is 5.88 Å². The molecule has 0 heterocycles. The monoisotopic (exact) mass is 180 g/mol. The van der Waals surface area contributed by atoms with E-state index in [0.29, 0.717) is 11.8 Å². The Morgan fingerprint density at radius 2 is 2.00 bits per heavy atom. The van der Waals surface area contributed by atoms with Gasteiger partial charge in [0.2, 0.25) is 0 Å². The average molecular weight is 181 g/mol. The molecule has 0 aliphatic rings. The van der Waals surface area contributed by atoms with E-state index in [0.717, 1.165) is 0 Å². The molecule has 0 N–H and O–H groups in total. The fraction of sp³-hybridized carbons (Fsp3) is 0.273. The lowest BCUT2D eigenvalue weighted by molar-refractivity contribution is 0.974. The van der Waals surface area contributed by atoms with E-state index in [1.165, 1.54) is 5.56 Å². The summed E-state index contributed by atoms with van der Waals surface area (Å²) in [6.07, 6.45) is 4.17. The van der Waals surface area contributed by atoms with Crippen molar-refractivity contribution in [1.29, 1.82) is 0 Å². The second-order valence-electron chi connectivity index (χ2n) is 2.70. The standard InChI is InChI=1S/C11H13Cl/c1-2-6-11(9-12)10-7-4-3-5-8-10/h2-8,11H,9H2,1H3. The van der Waals surface area contributed by atoms with E-state index in [1.54, 1.807) is 0 Å². The zero-order valence-corrected chi connectivity index (χ0v) is 7.96. The quantitative estimate of drug-likeness (QED) is 0.493. The van der Waals surface area contributed by atoms with E-state index in [1.807, 2.05) is 31.2 Å². The van der Waals surface area contributed by atoms with Crippen molar-refractivity contribution in [3.63, 3.8) is 0 Å². The molecule has 0 saturated carbocycles. The van der Waals surface area contributed by atoms with Gasteiger partial charge in [0.1, 0.15) is 0 Å². The first-order chi connectivity index (χ1) is 5.88. The summed E-state index contributed by atoms with van der Waals surface area (Å²) in [5.74, 6) is 1.01. The van der Waals surface area contributed by atoms with Gasteiger partial charge in [0.25, 0.3) is 0 Å². The third-order valence-corrected chi connectivity index (χ3v) is 2.15. The third kappa shape index (κ3) is 2.38. The number of allylic oxidation sites excluding steroid dienone is 2. The van der Waals surface area contributed by atoms with Crippen LogP contribution in [0.2, 0.25) is 0 Å². The Hall–Kier alpha value is -0.750. The summed E-state index contributed by atoms with van der Waals surface area (Å²) in [6.45, 7) is 2.02. The predicted molar refractivity (Wildman–Crippen MR) is 54.7 cm³/mol. The average Bonchev–Trinajstić information content (AvgIpc) is 2.15. The lowest BCUT2D eigenvalue weighted by Gasteiger charge is -2.07. The zero-order chi connectivity index (χ0) is 8.81. The summed E-state index contributed by atoms with van der Waals surface area (Å²) in [6, 6.07) is 10.3. The normalized spacial score (nSPS) is 13.5. The summed E-state index contributed by atoms with van der Waals surface area (Å²) < 4.78 is 0. The van der Waals surface area contributed by atoms with Crippen molar-refractivity contribution in [2.75, 3.05) is 5.88 Å². The summed E-state index contributed by atoms with van der Waals surface area (Å²) in [5.41, 5.74) is 1.28. The number of rotatable bonds is 3. The molecular weight excluding hydrogens is 168 g/mol. The second-order valence-corrected chi connectivity index (χ2v) is 3.01. The molecule has 1 aromatic carbocycles. The Bertz CT molecular complexity index is 238. The lowest BCUT2D eigenvalue weighted by Crippen LogP contribution is -1.95. The maximum Gasteiger partial charge on any atom is 0.0327 e. The van der Waals surface area contributed by atoms with Crippen molar-refractivity contribution >= 4 is 11.6 Å². The van der Waals surface area contributed by atoms with Gasteiger partial charge in [-0.1, -0.05) is 42.5 Å². The topological polar surface area (TPSA) is 0 Å². The van der Waals surface area contributed by atoms with Crippen molar-refractivity contribution in [3.05, 3.63) is 48.0 Å². The molecule has 0 aromatic heterocycles. The van der Waals surface area contributed by atoms with E-state index in [4.69, 9.17) is 11.6 Å². The summed E-state index contributed by atoms with van der Waals surface area (Å²) in [7, 11) is 0. The highest BCUT2D eigenvalue weighted by Gasteiger charge is 2.03. The van der Waals surface area contributed by atoms with Crippen LogP contribution in [0.25, 0.3) is 0 Å². The first-order valence-electron chi connectivity index (χ1n) is 4.12. The fourth-order valence-corrected chi connectivity index (χ4v) is 1.47. The highest BCUT2D eigenvalue weighted by atomic mass is 35.5. The van der Waals surface area contributed by atoms with Crippen molar-refractivity contribution in [2.45, 2.75) is 12.8 Å². The minimum atomic E-state index is 0.359. The summed E-state index contributed by atoms with van der Waals surface area (Å²) in [4.78, 5) is 0. The summed E-state index contributed by atoms with van der Waals surface area (Å²) in [5, 5.41) is 0. The lowest BCUT2D eigenvalue weighted by atomic mass is 10.0. The van der Waals surface area contributed by atoms with Crippen LogP contribution in [0.4, 0.5) is 0 Å². The molecule has 64 valence electrons. The molecule has 0 radical (unpaired) electrons. The molecule has 12 heavy (non-hydrogen) atoms. The van der Waals surface area contributed by atoms with Gasteiger partial charge in [-0.2, -0.15) is 0 Å². The smallest absolute Gasteiger partial charge is 0.0327 e. The first kappa shape index (κ1) is 9.34. The van der Waals surface area contributed by atoms with Gasteiger partial charge in [-0.05, 0) is 12.5 Å². The maximum absolute atomic E-state index is 5.83. The van der Waals surface area contributed by atoms with Crippen molar-refractivity contribution < 1.29 is 0 Å². The Morgan fingerprint density at radius 1 is 1.33 bits per heavy atom.